The number of nitrogens with zero attached hydrogens (tertiary/aromatic N) is 4. The third-order valence-electron chi connectivity index (χ3n) is 3.80. The van der Waals surface area contributed by atoms with Gasteiger partial charge in [0.2, 0.25) is 0 Å². The minimum Gasteiger partial charge on any atom is -0.591 e. The van der Waals surface area contributed by atoms with Gasteiger partial charge in [-0.15, -0.1) is 10.8 Å². The van der Waals surface area contributed by atoms with Crippen LogP contribution in [0, 0.1) is 6.54 Å². The molecule has 25 heavy (non-hydrogen) atoms. The highest BCUT2D eigenvalue weighted by Crippen LogP contribution is 2.34. The standard InChI is InChI=1S/C18H16N4O3/c1-20-9-5-4-6-16(20)19-22(3)14-7-8-15(23)13-10-12(18(24)25)11-21(2)17(13)14/h4-11H,2-3H2,1H3,(H,24,25)/p-1/b19-16-. The topological polar surface area (TPSA) is 80.5 Å². The van der Waals surface area contributed by atoms with Gasteiger partial charge < -0.3 is 19.3 Å². The molecule has 0 unspecified atom stereocenters. The second-order valence-corrected chi connectivity index (χ2v) is 5.50. The fraction of sp³-hybridized carbons (Fsp3) is 0.0556. The van der Waals surface area contributed by atoms with Gasteiger partial charge in [-0.1, -0.05) is 23.8 Å². The van der Waals surface area contributed by atoms with Crippen LogP contribution in [0.3, 0.4) is 0 Å². The maximum absolute atomic E-state index is 12.2. The molecule has 0 saturated heterocycles. The number of fused-ring (bicyclic) bond motifs is 1. The number of carbonyl (C=O) groups excluding carboxylic acids is 1. The third kappa shape index (κ3) is 2.94. The van der Waals surface area contributed by atoms with E-state index >= 15 is 0 Å². The van der Waals surface area contributed by atoms with E-state index < -0.39 is 5.97 Å². The summed E-state index contributed by atoms with van der Waals surface area (Å²) in [5.41, 5.74) is 1.35. The smallest absolute Gasteiger partial charge is 0.198 e. The van der Waals surface area contributed by atoms with Crippen LogP contribution >= 0.6 is 0 Å². The van der Waals surface area contributed by atoms with E-state index in [0.29, 0.717) is 16.9 Å². The van der Waals surface area contributed by atoms with Gasteiger partial charge in [0, 0.05) is 24.3 Å². The van der Waals surface area contributed by atoms with Gasteiger partial charge in [0.25, 0.3) is 0 Å². The molecule has 0 N–H and O–H groups in total. The highest BCUT2D eigenvalue weighted by Gasteiger charge is 2.21. The molecular weight excluding hydrogens is 320 g/mol. The molecule has 1 aromatic heterocycles. The van der Waals surface area contributed by atoms with Crippen molar-refractivity contribution in [1.82, 2.24) is 4.57 Å². The molecule has 0 amide bonds. The number of aliphatic carboxylic acids is 1. The molecule has 7 nitrogen and oxygen atoms in total. The van der Waals surface area contributed by atoms with Crippen LogP contribution in [-0.4, -0.2) is 33.2 Å². The van der Waals surface area contributed by atoms with Crippen LogP contribution in [0.4, 0.5) is 11.4 Å². The van der Waals surface area contributed by atoms with E-state index in [1.807, 2.05) is 36.0 Å². The van der Waals surface area contributed by atoms with Crippen LogP contribution in [0.2, 0.25) is 0 Å². The van der Waals surface area contributed by atoms with Crippen molar-refractivity contribution in [3.63, 3.8) is 0 Å². The zero-order valence-electron chi connectivity index (χ0n) is 13.5. The Kier molecular flexibility index (Phi) is 3.98. The fourth-order valence-corrected chi connectivity index (χ4v) is 2.56. The zero-order valence-corrected chi connectivity index (χ0v) is 13.5. The molecule has 0 fully saturated rings. The molecule has 0 aliphatic carbocycles. The van der Waals surface area contributed by atoms with E-state index in [4.69, 9.17) is 0 Å². The van der Waals surface area contributed by atoms with Crippen LogP contribution in [0.15, 0.2) is 52.0 Å². The number of aromatic nitrogens is 1. The Morgan fingerprint density at radius 3 is 2.88 bits per heavy atom. The number of rotatable bonds is 3. The first-order chi connectivity index (χ1) is 11.9. The van der Waals surface area contributed by atoms with Crippen molar-refractivity contribution in [2.24, 2.45) is 12.1 Å². The van der Waals surface area contributed by atoms with Gasteiger partial charge in [-0.3, -0.25) is 4.58 Å². The van der Waals surface area contributed by atoms with Crippen molar-refractivity contribution in [3.8, 4) is 0 Å². The maximum Gasteiger partial charge on any atom is 0.198 e. The van der Waals surface area contributed by atoms with E-state index in [0.717, 1.165) is 0 Å². The van der Waals surface area contributed by atoms with Gasteiger partial charge in [-0.25, -0.2) is 0 Å². The fourth-order valence-electron chi connectivity index (χ4n) is 2.56. The summed E-state index contributed by atoms with van der Waals surface area (Å²) >= 11 is 0. The van der Waals surface area contributed by atoms with E-state index in [2.05, 4.69) is 18.5 Å². The number of carboxylic acids is 1. The maximum atomic E-state index is 12.2. The Bertz CT molecular complexity index is 1070. The predicted molar refractivity (Wildman–Crippen MR) is 90.6 cm³/mol. The lowest BCUT2D eigenvalue weighted by Gasteiger charge is -2.23. The SMILES string of the molecule is C=[N+]1[CH-]C(C(=O)[O-])=Cc2c1[c-]([N+](=C)/N=c1/ccccn1C)ccc2=O. The molecule has 7 heteroatoms. The van der Waals surface area contributed by atoms with Crippen LogP contribution in [-0.2, 0) is 11.8 Å². The van der Waals surface area contributed by atoms with E-state index in [9.17, 15) is 14.7 Å². The average Bonchev–Trinajstić information content (AvgIpc) is 2.57. The highest BCUT2D eigenvalue weighted by atomic mass is 16.4. The molecule has 1 aromatic carbocycles. The van der Waals surface area contributed by atoms with Crippen molar-refractivity contribution in [3.05, 3.63) is 69.9 Å². The summed E-state index contributed by atoms with van der Waals surface area (Å²) in [6.07, 6.45) is 3.12. The van der Waals surface area contributed by atoms with Crippen molar-refractivity contribution in [2.45, 2.75) is 0 Å². The van der Waals surface area contributed by atoms with Crippen LogP contribution in [0.5, 0.6) is 0 Å². The summed E-state index contributed by atoms with van der Waals surface area (Å²) in [6.45, 7) is 8.98. The lowest BCUT2D eigenvalue weighted by molar-refractivity contribution is -0.458. The van der Waals surface area contributed by atoms with Gasteiger partial charge in [0.15, 0.2) is 11.2 Å². The Morgan fingerprint density at radius 2 is 2.20 bits per heavy atom. The molecule has 126 valence electrons. The number of carboxylic acid groups (broad SMARTS) is 1. The summed E-state index contributed by atoms with van der Waals surface area (Å²) < 4.78 is 4.50. The molecule has 0 radical (unpaired) electrons. The summed E-state index contributed by atoms with van der Waals surface area (Å²) in [5, 5.41) is 15.5. The number of pyridine rings is 1. The zero-order chi connectivity index (χ0) is 18.1. The minimum atomic E-state index is -1.38. The Labute approximate surface area is 143 Å². The quantitative estimate of drug-likeness (QED) is 0.332. The second kappa shape index (κ2) is 6.12. The monoisotopic (exact) mass is 335 g/mol. The summed E-state index contributed by atoms with van der Waals surface area (Å²) in [4.78, 5) is 23.3. The number of aryl methyl sites for hydroxylation is 1. The van der Waals surface area contributed by atoms with Gasteiger partial charge >= 0.3 is 0 Å². The number of carbonyl (C=O) groups is 1. The summed E-state index contributed by atoms with van der Waals surface area (Å²) in [5.74, 6) is -1.38. The lowest BCUT2D eigenvalue weighted by atomic mass is 10.0. The highest BCUT2D eigenvalue weighted by molar-refractivity contribution is 5.95. The van der Waals surface area contributed by atoms with Crippen LogP contribution in [0.25, 0.3) is 6.08 Å². The molecule has 0 atom stereocenters. The van der Waals surface area contributed by atoms with Crippen LogP contribution in [0.1, 0.15) is 5.56 Å². The molecule has 1 aliphatic heterocycles. The van der Waals surface area contributed by atoms with Crippen molar-refractivity contribution in [1.29, 1.82) is 0 Å². The van der Waals surface area contributed by atoms with E-state index in [-0.39, 0.29) is 16.6 Å². The summed E-state index contributed by atoms with van der Waals surface area (Å²) in [7, 11) is 1.85. The number of hydrogen-bond donors (Lipinski definition) is 0. The van der Waals surface area contributed by atoms with Crippen molar-refractivity contribution >= 4 is 36.9 Å². The molecule has 0 bridgehead atoms. The molecule has 1 aliphatic rings. The predicted octanol–water partition coefficient (Wildman–Crippen LogP) is -0.382. The normalized spacial score (nSPS) is 13.7. The molecular formula is C18H15N4O3-. The van der Waals surface area contributed by atoms with Crippen molar-refractivity contribution < 1.29 is 19.2 Å². The van der Waals surface area contributed by atoms with Gasteiger partial charge in [-0.2, -0.15) is 0 Å². The molecule has 0 saturated carbocycles. The second-order valence-electron chi connectivity index (χ2n) is 5.50. The summed E-state index contributed by atoms with van der Waals surface area (Å²) in [6, 6.07) is 8.45. The first-order valence-corrected chi connectivity index (χ1v) is 7.37. The molecule has 2 aromatic rings. The van der Waals surface area contributed by atoms with Gasteiger partial charge in [0.05, 0.1) is 18.9 Å². The number of benzene rings is 1. The molecule has 2 heterocycles. The van der Waals surface area contributed by atoms with Gasteiger partial charge in [-0.05, 0) is 17.7 Å². The average molecular weight is 335 g/mol. The first-order valence-electron chi connectivity index (χ1n) is 7.37. The lowest BCUT2D eigenvalue weighted by Crippen LogP contribution is -2.29. The van der Waals surface area contributed by atoms with Crippen LogP contribution < -0.4 is 16.0 Å². The Balaban J connectivity index is 2.20. The largest absolute Gasteiger partial charge is 0.591 e. The van der Waals surface area contributed by atoms with E-state index in [1.165, 1.54) is 27.9 Å². The molecule has 3 rings (SSSR count). The van der Waals surface area contributed by atoms with E-state index in [1.54, 1.807) is 6.07 Å². The number of hydrogen-bond acceptors (Lipinski definition) is 4. The van der Waals surface area contributed by atoms with Gasteiger partial charge in [0.1, 0.15) is 12.2 Å². The van der Waals surface area contributed by atoms with Crippen molar-refractivity contribution in [2.75, 3.05) is 0 Å². The molecule has 0 spiro atoms. The Morgan fingerprint density at radius 1 is 1.44 bits per heavy atom. The first kappa shape index (κ1) is 16.3. The minimum absolute atomic E-state index is 0.126. The Hall–Kier alpha value is -3.61. The third-order valence-corrected chi connectivity index (χ3v) is 3.80.